The Labute approximate surface area is 109 Å². The predicted molar refractivity (Wildman–Crippen MR) is 69.7 cm³/mol. The van der Waals surface area contributed by atoms with Crippen molar-refractivity contribution in [2.24, 2.45) is 0 Å². The lowest BCUT2D eigenvalue weighted by Gasteiger charge is -2.30. The molecule has 1 atom stereocenters. The van der Waals surface area contributed by atoms with Crippen LogP contribution in [0.15, 0.2) is 22.7 Å². The van der Waals surface area contributed by atoms with E-state index in [-0.39, 0.29) is 5.91 Å². The number of hydrogen-bond donors (Lipinski definition) is 2. The van der Waals surface area contributed by atoms with Crippen LogP contribution in [0.3, 0.4) is 0 Å². The summed E-state index contributed by atoms with van der Waals surface area (Å²) < 4.78 is 0.852. The molecule has 1 aromatic rings. The first-order valence-corrected chi connectivity index (χ1v) is 6.39. The molecule has 1 saturated heterocycles. The Morgan fingerprint density at radius 2 is 2.29 bits per heavy atom. The molecule has 1 aliphatic heterocycles. The van der Waals surface area contributed by atoms with E-state index in [2.05, 4.69) is 15.9 Å². The van der Waals surface area contributed by atoms with Crippen LogP contribution in [-0.2, 0) is 0 Å². The van der Waals surface area contributed by atoms with Gasteiger partial charge in [0.15, 0.2) is 0 Å². The second-order valence-corrected chi connectivity index (χ2v) is 5.19. The minimum atomic E-state index is -0.413. The summed E-state index contributed by atoms with van der Waals surface area (Å²) in [5.74, 6) is -0.103. The van der Waals surface area contributed by atoms with Gasteiger partial charge in [-0.2, -0.15) is 0 Å². The van der Waals surface area contributed by atoms with Gasteiger partial charge in [-0.3, -0.25) is 4.79 Å². The standard InChI is InChI=1S/C12H15BrN2O2/c13-8-3-4-10(11(14)6-8)12(17)15-5-1-2-9(16)7-15/h3-4,6,9,16H,1-2,5,7,14H2. The number of aliphatic hydroxyl groups excluding tert-OH is 1. The van der Waals surface area contributed by atoms with E-state index in [4.69, 9.17) is 5.73 Å². The minimum absolute atomic E-state index is 0.103. The molecular formula is C12H15BrN2O2. The Hall–Kier alpha value is -1.07. The van der Waals surface area contributed by atoms with Gasteiger partial charge in [-0.1, -0.05) is 15.9 Å². The molecule has 1 amide bonds. The number of halogens is 1. The number of likely N-dealkylation sites (tertiary alicyclic amines) is 1. The average Bonchev–Trinajstić information content (AvgIpc) is 2.28. The van der Waals surface area contributed by atoms with Crippen LogP contribution < -0.4 is 5.73 Å². The molecule has 1 heterocycles. The Morgan fingerprint density at radius 3 is 2.94 bits per heavy atom. The lowest BCUT2D eigenvalue weighted by atomic mass is 10.1. The number of nitrogens with zero attached hydrogens (tertiary/aromatic N) is 1. The Balaban J connectivity index is 2.18. The van der Waals surface area contributed by atoms with Gasteiger partial charge in [0, 0.05) is 23.2 Å². The Morgan fingerprint density at radius 1 is 1.53 bits per heavy atom. The van der Waals surface area contributed by atoms with Crippen molar-refractivity contribution in [2.75, 3.05) is 18.8 Å². The van der Waals surface area contributed by atoms with Crippen LogP contribution in [-0.4, -0.2) is 35.1 Å². The number of hydrogen-bond acceptors (Lipinski definition) is 3. The molecule has 0 radical (unpaired) electrons. The van der Waals surface area contributed by atoms with E-state index in [0.717, 1.165) is 17.3 Å². The maximum absolute atomic E-state index is 12.2. The fourth-order valence-corrected chi connectivity index (χ4v) is 2.42. The second-order valence-electron chi connectivity index (χ2n) is 4.28. The second kappa shape index (κ2) is 5.06. The molecule has 0 spiro atoms. The van der Waals surface area contributed by atoms with Crippen LogP contribution in [0.25, 0.3) is 0 Å². The maximum Gasteiger partial charge on any atom is 0.256 e. The van der Waals surface area contributed by atoms with Gasteiger partial charge in [-0.05, 0) is 31.0 Å². The molecule has 2 rings (SSSR count). The first-order valence-electron chi connectivity index (χ1n) is 5.60. The highest BCUT2D eigenvalue weighted by Crippen LogP contribution is 2.21. The van der Waals surface area contributed by atoms with Crippen molar-refractivity contribution >= 4 is 27.5 Å². The molecule has 92 valence electrons. The first-order chi connectivity index (χ1) is 8.08. The number of rotatable bonds is 1. The third-order valence-corrected chi connectivity index (χ3v) is 3.42. The number of nitrogen functional groups attached to an aromatic ring is 1. The fraction of sp³-hybridized carbons (Fsp3) is 0.417. The smallest absolute Gasteiger partial charge is 0.256 e. The molecule has 5 heteroatoms. The summed E-state index contributed by atoms with van der Waals surface area (Å²) in [4.78, 5) is 13.9. The molecule has 1 aliphatic rings. The molecule has 0 aromatic heterocycles. The summed E-state index contributed by atoms with van der Waals surface area (Å²) in [5, 5.41) is 9.56. The summed E-state index contributed by atoms with van der Waals surface area (Å²) in [6.07, 6.45) is 1.19. The van der Waals surface area contributed by atoms with E-state index < -0.39 is 6.10 Å². The molecule has 1 aromatic carbocycles. The fourth-order valence-electron chi connectivity index (χ4n) is 2.04. The third-order valence-electron chi connectivity index (χ3n) is 2.93. The van der Waals surface area contributed by atoms with Gasteiger partial charge in [0.25, 0.3) is 5.91 Å². The molecule has 1 unspecified atom stereocenters. The van der Waals surface area contributed by atoms with Crippen molar-refractivity contribution in [3.05, 3.63) is 28.2 Å². The number of piperidine rings is 1. The quantitative estimate of drug-likeness (QED) is 0.775. The SMILES string of the molecule is Nc1cc(Br)ccc1C(=O)N1CCCC(O)C1. The lowest BCUT2D eigenvalue weighted by molar-refractivity contribution is 0.0474. The molecule has 0 saturated carbocycles. The van der Waals surface area contributed by atoms with Crippen molar-refractivity contribution in [3.63, 3.8) is 0 Å². The number of benzene rings is 1. The number of nitrogens with two attached hydrogens (primary N) is 1. The van der Waals surface area contributed by atoms with Crippen LogP contribution in [0.2, 0.25) is 0 Å². The molecule has 17 heavy (non-hydrogen) atoms. The number of amides is 1. The maximum atomic E-state index is 12.2. The largest absolute Gasteiger partial charge is 0.398 e. The van der Waals surface area contributed by atoms with E-state index in [1.807, 2.05) is 0 Å². The van der Waals surface area contributed by atoms with Crippen LogP contribution in [0.5, 0.6) is 0 Å². The Kier molecular flexibility index (Phi) is 3.69. The van der Waals surface area contributed by atoms with Gasteiger partial charge in [-0.25, -0.2) is 0 Å². The lowest BCUT2D eigenvalue weighted by Crippen LogP contribution is -2.42. The number of aliphatic hydroxyl groups is 1. The van der Waals surface area contributed by atoms with Gasteiger partial charge in [0.2, 0.25) is 0 Å². The molecule has 0 bridgehead atoms. The average molecular weight is 299 g/mol. The summed E-state index contributed by atoms with van der Waals surface area (Å²) in [6.45, 7) is 1.08. The monoisotopic (exact) mass is 298 g/mol. The summed E-state index contributed by atoms with van der Waals surface area (Å²) in [5.41, 5.74) is 6.79. The third kappa shape index (κ3) is 2.79. The number of β-amino-alcohol motifs (C(OH)–C–C–N with tert-alkyl or cyclic N) is 1. The zero-order valence-corrected chi connectivity index (χ0v) is 11.0. The van der Waals surface area contributed by atoms with Gasteiger partial charge in [-0.15, -0.1) is 0 Å². The van der Waals surface area contributed by atoms with Gasteiger partial charge in [0.05, 0.1) is 11.7 Å². The van der Waals surface area contributed by atoms with Crippen LogP contribution in [0.1, 0.15) is 23.2 Å². The van der Waals surface area contributed by atoms with Gasteiger partial charge in [0.1, 0.15) is 0 Å². The van der Waals surface area contributed by atoms with E-state index in [0.29, 0.717) is 24.3 Å². The van der Waals surface area contributed by atoms with Gasteiger partial charge >= 0.3 is 0 Å². The van der Waals surface area contributed by atoms with E-state index in [1.165, 1.54) is 0 Å². The molecule has 4 nitrogen and oxygen atoms in total. The number of carbonyl (C=O) groups excluding carboxylic acids is 1. The molecule has 0 aliphatic carbocycles. The van der Waals surface area contributed by atoms with Crippen LogP contribution >= 0.6 is 15.9 Å². The predicted octanol–water partition coefficient (Wildman–Crippen LogP) is 1.63. The Bertz CT molecular complexity index is 437. The van der Waals surface area contributed by atoms with Crippen LogP contribution in [0, 0.1) is 0 Å². The zero-order valence-electron chi connectivity index (χ0n) is 9.40. The number of anilines is 1. The minimum Gasteiger partial charge on any atom is -0.398 e. The van der Waals surface area contributed by atoms with Crippen molar-refractivity contribution in [2.45, 2.75) is 18.9 Å². The molecule has 1 fully saturated rings. The van der Waals surface area contributed by atoms with Crippen molar-refractivity contribution in [3.8, 4) is 0 Å². The first kappa shape index (κ1) is 12.4. The highest BCUT2D eigenvalue weighted by molar-refractivity contribution is 9.10. The van der Waals surface area contributed by atoms with E-state index in [9.17, 15) is 9.90 Å². The summed E-state index contributed by atoms with van der Waals surface area (Å²) in [6, 6.07) is 5.22. The van der Waals surface area contributed by atoms with Crippen molar-refractivity contribution < 1.29 is 9.90 Å². The summed E-state index contributed by atoms with van der Waals surface area (Å²) >= 11 is 3.31. The number of carbonyl (C=O) groups is 1. The topological polar surface area (TPSA) is 66.6 Å². The van der Waals surface area contributed by atoms with Crippen LogP contribution in [0.4, 0.5) is 5.69 Å². The molecular weight excluding hydrogens is 284 g/mol. The van der Waals surface area contributed by atoms with E-state index >= 15 is 0 Å². The highest BCUT2D eigenvalue weighted by atomic mass is 79.9. The van der Waals surface area contributed by atoms with Crippen molar-refractivity contribution in [1.82, 2.24) is 4.90 Å². The van der Waals surface area contributed by atoms with Gasteiger partial charge < -0.3 is 15.7 Å². The van der Waals surface area contributed by atoms with E-state index in [1.54, 1.807) is 23.1 Å². The van der Waals surface area contributed by atoms with Crippen molar-refractivity contribution in [1.29, 1.82) is 0 Å². The zero-order chi connectivity index (χ0) is 12.4. The normalized spacial score (nSPS) is 20.4. The molecule has 3 N–H and O–H groups in total. The summed E-state index contributed by atoms with van der Waals surface area (Å²) in [7, 11) is 0. The highest BCUT2D eigenvalue weighted by Gasteiger charge is 2.24.